The Morgan fingerprint density at radius 2 is 1.91 bits per heavy atom. The second-order valence-corrected chi connectivity index (χ2v) is 6.26. The molecule has 1 fully saturated rings. The lowest BCUT2D eigenvalue weighted by atomic mass is 9.90. The van der Waals surface area contributed by atoms with Gasteiger partial charge >= 0.3 is 0 Å². The van der Waals surface area contributed by atoms with E-state index in [1.807, 2.05) is 12.1 Å². The van der Waals surface area contributed by atoms with Gasteiger partial charge in [0.15, 0.2) is 5.78 Å². The average molecular weight is 300 g/mol. The highest BCUT2D eigenvalue weighted by Crippen LogP contribution is 2.42. The number of allylic oxidation sites excluding steroid dienone is 2. The lowest BCUT2D eigenvalue weighted by Crippen LogP contribution is -2.03. The molecule has 0 aromatic heterocycles. The van der Waals surface area contributed by atoms with E-state index >= 15 is 0 Å². The maximum absolute atomic E-state index is 12.4. The highest BCUT2D eigenvalue weighted by Gasteiger charge is 2.31. The number of carbonyl (C=O) groups is 1. The van der Waals surface area contributed by atoms with Crippen molar-refractivity contribution in [3.63, 3.8) is 0 Å². The van der Waals surface area contributed by atoms with Gasteiger partial charge in [-0.15, -0.1) is 0 Å². The summed E-state index contributed by atoms with van der Waals surface area (Å²) in [6.07, 6.45) is 6.71. The third kappa shape index (κ3) is 2.82. The number of benzene rings is 1. The highest BCUT2D eigenvalue weighted by atomic mass is 16.5. The zero-order valence-corrected chi connectivity index (χ0v) is 13.5. The predicted octanol–water partition coefficient (Wildman–Crippen LogP) is 4.15. The van der Waals surface area contributed by atoms with Crippen molar-refractivity contribution in [1.82, 2.24) is 0 Å². The predicted molar refractivity (Wildman–Crippen MR) is 86.8 cm³/mol. The van der Waals surface area contributed by atoms with Crippen LogP contribution in [0.2, 0.25) is 0 Å². The van der Waals surface area contributed by atoms with Gasteiger partial charge in [0.2, 0.25) is 0 Å². The number of Topliss-reactive ketones (excluding diaryl/α,β-unsaturated/α-hetero) is 1. The maximum Gasteiger partial charge on any atom is 0.163 e. The number of ketones is 1. The molecule has 0 aliphatic heterocycles. The van der Waals surface area contributed by atoms with Crippen molar-refractivity contribution in [3.8, 4) is 5.75 Å². The van der Waals surface area contributed by atoms with Gasteiger partial charge in [0.05, 0.1) is 13.7 Å². The highest BCUT2D eigenvalue weighted by molar-refractivity contribution is 6.23. The molecule has 3 nitrogen and oxygen atoms in total. The van der Waals surface area contributed by atoms with Crippen LogP contribution < -0.4 is 4.74 Å². The molecule has 118 valence electrons. The van der Waals surface area contributed by atoms with Gasteiger partial charge in [0, 0.05) is 24.7 Å². The largest absolute Gasteiger partial charge is 0.496 e. The van der Waals surface area contributed by atoms with Gasteiger partial charge in [-0.25, -0.2) is 0 Å². The van der Waals surface area contributed by atoms with E-state index in [2.05, 4.69) is 6.07 Å². The summed E-state index contributed by atoms with van der Waals surface area (Å²) in [5.74, 6) is 1.74. The molecule has 0 radical (unpaired) electrons. The van der Waals surface area contributed by atoms with Gasteiger partial charge in [-0.05, 0) is 42.9 Å². The van der Waals surface area contributed by atoms with Gasteiger partial charge in [0.1, 0.15) is 5.75 Å². The van der Waals surface area contributed by atoms with Crippen molar-refractivity contribution in [2.24, 2.45) is 5.92 Å². The maximum atomic E-state index is 12.4. The van der Waals surface area contributed by atoms with E-state index in [4.69, 9.17) is 9.47 Å². The lowest BCUT2D eigenvalue weighted by molar-refractivity contribution is -0.113. The van der Waals surface area contributed by atoms with Crippen molar-refractivity contribution in [1.29, 1.82) is 0 Å². The van der Waals surface area contributed by atoms with Crippen LogP contribution in [-0.4, -0.2) is 20.0 Å². The molecule has 0 atom stereocenters. The van der Waals surface area contributed by atoms with Crippen LogP contribution >= 0.6 is 0 Å². The lowest BCUT2D eigenvalue weighted by Gasteiger charge is -2.15. The minimum Gasteiger partial charge on any atom is -0.496 e. The Morgan fingerprint density at radius 1 is 1.14 bits per heavy atom. The molecule has 0 bridgehead atoms. The minimum atomic E-state index is 0.301. The minimum absolute atomic E-state index is 0.301. The molecule has 2 aliphatic rings. The van der Waals surface area contributed by atoms with Crippen LogP contribution in [0.4, 0.5) is 0 Å². The molecule has 0 spiro atoms. The molecule has 3 heteroatoms. The van der Waals surface area contributed by atoms with E-state index < -0.39 is 0 Å². The Bertz CT molecular complexity index is 595. The summed E-state index contributed by atoms with van der Waals surface area (Å²) in [5, 5.41) is 0. The molecule has 2 aliphatic carbocycles. The van der Waals surface area contributed by atoms with Crippen LogP contribution in [-0.2, 0) is 16.1 Å². The fraction of sp³-hybridized carbons (Fsp3) is 0.526. The number of hydrogen-bond donors (Lipinski definition) is 0. The van der Waals surface area contributed by atoms with Gasteiger partial charge < -0.3 is 9.47 Å². The average Bonchev–Trinajstić information content (AvgIpc) is 3.16. The van der Waals surface area contributed by atoms with E-state index in [-0.39, 0.29) is 0 Å². The summed E-state index contributed by atoms with van der Waals surface area (Å²) >= 11 is 0. The quantitative estimate of drug-likeness (QED) is 0.819. The Kier molecular flexibility index (Phi) is 4.63. The molecule has 1 aromatic rings. The van der Waals surface area contributed by atoms with Crippen LogP contribution in [0.5, 0.6) is 5.75 Å². The van der Waals surface area contributed by atoms with Crippen LogP contribution in [0, 0.1) is 5.92 Å². The zero-order valence-electron chi connectivity index (χ0n) is 13.5. The fourth-order valence-corrected chi connectivity index (χ4v) is 3.91. The van der Waals surface area contributed by atoms with E-state index in [1.54, 1.807) is 14.2 Å². The number of rotatable bonds is 5. The van der Waals surface area contributed by atoms with Crippen molar-refractivity contribution in [2.45, 2.75) is 45.1 Å². The molecule has 3 rings (SSSR count). The molecule has 0 amide bonds. The molecule has 0 unspecified atom stereocenters. The molecule has 22 heavy (non-hydrogen) atoms. The summed E-state index contributed by atoms with van der Waals surface area (Å²) in [7, 11) is 3.34. The Labute approximate surface area is 132 Å². The van der Waals surface area contributed by atoms with Crippen LogP contribution in [0.15, 0.2) is 23.8 Å². The first-order valence-electron chi connectivity index (χ1n) is 8.17. The number of methoxy groups -OCH3 is 2. The second kappa shape index (κ2) is 6.66. The SMILES string of the molecule is COCc1cc(C2=C(C3CCCC3)CCC2=O)ccc1OC. The van der Waals surface area contributed by atoms with Crippen LogP contribution in [0.25, 0.3) is 5.57 Å². The molecular weight excluding hydrogens is 276 g/mol. The van der Waals surface area contributed by atoms with Crippen molar-refractivity contribution >= 4 is 11.4 Å². The summed E-state index contributed by atoms with van der Waals surface area (Å²) in [6, 6.07) is 6.04. The summed E-state index contributed by atoms with van der Waals surface area (Å²) in [6.45, 7) is 0.497. The molecule has 1 saturated carbocycles. The van der Waals surface area contributed by atoms with E-state index in [9.17, 15) is 4.79 Å². The van der Waals surface area contributed by atoms with Gasteiger partial charge in [0.25, 0.3) is 0 Å². The first-order chi connectivity index (χ1) is 10.7. The Hall–Kier alpha value is -1.61. The van der Waals surface area contributed by atoms with Crippen molar-refractivity contribution in [2.75, 3.05) is 14.2 Å². The number of ether oxygens (including phenoxy) is 2. The first-order valence-corrected chi connectivity index (χ1v) is 8.17. The van der Waals surface area contributed by atoms with Crippen molar-refractivity contribution in [3.05, 3.63) is 34.9 Å². The Balaban J connectivity index is 2.01. The molecular formula is C19H24O3. The van der Waals surface area contributed by atoms with Gasteiger partial charge in [-0.1, -0.05) is 24.5 Å². The Morgan fingerprint density at radius 3 is 2.59 bits per heavy atom. The third-order valence-electron chi connectivity index (χ3n) is 4.94. The summed E-state index contributed by atoms with van der Waals surface area (Å²) in [4.78, 5) is 12.4. The summed E-state index contributed by atoms with van der Waals surface area (Å²) < 4.78 is 10.6. The third-order valence-corrected chi connectivity index (χ3v) is 4.94. The molecule has 1 aromatic carbocycles. The molecule has 0 saturated heterocycles. The fourth-order valence-electron chi connectivity index (χ4n) is 3.91. The zero-order chi connectivity index (χ0) is 15.5. The smallest absolute Gasteiger partial charge is 0.163 e. The second-order valence-electron chi connectivity index (χ2n) is 6.26. The van der Waals surface area contributed by atoms with E-state index in [0.717, 1.165) is 28.9 Å². The summed E-state index contributed by atoms with van der Waals surface area (Å²) in [5.41, 5.74) is 4.42. The topological polar surface area (TPSA) is 35.5 Å². The van der Waals surface area contributed by atoms with Crippen molar-refractivity contribution < 1.29 is 14.3 Å². The molecule has 0 N–H and O–H groups in total. The monoisotopic (exact) mass is 300 g/mol. The molecule has 0 heterocycles. The standard InChI is InChI=1S/C19H24O3/c1-21-12-15-11-14(7-10-18(15)22-2)19-16(8-9-17(19)20)13-5-3-4-6-13/h7,10-11,13H,3-6,8-9,12H2,1-2H3. The van der Waals surface area contributed by atoms with E-state index in [0.29, 0.717) is 24.7 Å². The van der Waals surface area contributed by atoms with Gasteiger partial charge in [-0.3, -0.25) is 4.79 Å². The first kappa shape index (κ1) is 15.3. The number of carbonyl (C=O) groups excluding carboxylic acids is 1. The van der Waals surface area contributed by atoms with Gasteiger partial charge in [-0.2, -0.15) is 0 Å². The van der Waals surface area contributed by atoms with Crippen LogP contribution in [0.1, 0.15) is 49.7 Å². The number of hydrogen-bond acceptors (Lipinski definition) is 3. The van der Waals surface area contributed by atoms with E-state index in [1.165, 1.54) is 31.3 Å². The van der Waals surface area contributed by atoms with Crippen LogP contribution in [0.3, 0.4) is 0 Å². The normalized spacial score (nSPS) is 19.3.